The molecule has 8 nitrogen and oxygen atoms in total. The maximum Gasteiger partial charge on any atom is 0.242 e. The molecule has 1 unspecified atom stereocenters. The van der Waals surface area contributed by atoms with Gasteiger partial charge in [0.1, 0.15) is 17.7 Å². The van der Waals surface area contributed by atoms with E-state index in [1.54, 1.807) is 7.11 Å². The van der Waals surface area contributed by atoms with Crippen molar-refractivity contribution in [2.24, 2.45) is 17.3 Å². The van der Waals surface area contributed by atoms with Crippen LogP contribution in [0, 0.1) is 17.3 Å². The van der Waals surface area contributed by atoms with Crippen molar-refractivity contribution in [3.05, 3.63) is 59.2 Å². The van der Waals surface area contributed by atoms with E-state index >= 15 is 0 Å². The summed E-state index contributed by atoms with van der Waals surface area (Å²) >= 11 is 0. The third kappa shape index (κ3) is 3.81. The van der Waals surface area contributed by atoms with E-state index in [0.717, 1.165) is 50.1 Å². The van der Waals surface area contributed by atoms with E-state index in [2.05, 4.69) is 21.6 Å². The van der Waals surface area contributed by atoms with Crippen LogP contribution in [0.15, 0.2) is 42.5 Å². The maximum atomic E-state index is 13.7. The van der Waals surface area contributed by atoms with Gasteiger partial charge in [-0.1, -0.05) is 36.4 Å². The lowest BCUT2D eigenvalue weighted by molar-refractivity contribution is -0.276. The molecule has 228 valence electrons. The van der Waals surface area contributed by atoms with Crippen LogP contribution in [0.1, 0.15) is 62.1 Å². The SMILES string of the molecule is CO[C@]12CC[C@@]3(C[C@@H]1CNC(=O)C(Cc1ccccc1)NC(C)=O)[C@H]1Cc4ccc(O)c5c4[C@@]3(CCN1CC1CC1)[C@H]2O5. The summed E-state index contributed by atoms with van der Waals surface area (Å²) in [6.45, 7) is 4.14. The number of phenolic OH excluding ortho intramolecular Hbond substituents is 1. The smallest absolute Gasteiger partial charge is 0.242 e. The zero-order chi connectivity index (χ0) is 29.6. The number of ether oxygens (including phenoxy) is 2. The Morgan fingerprint density at radius 3 is 2.70 bits per heavy atom. The number of carbonyl (C=O) groups excluding carboxylic acids is 2. The van der Waals surface area contributed by atoms with Gasteiger partial charge < -0.3 is 25.2 Å². The molecule has 5 aliphatic carbocycles. The number of nitrogens with one attached hydrogen (secondary N) is 2. The van der Waals surface area contributed by atoms with Crippen LogP contribution >= 0.6 is 0 Å². The van der Waals surface area contributed by atoms with Crippen molar-refractivity contribution in [3.63, 3.8) is 0 Å². The Hall–Kier alpha value is -3.10. The van der Waals surface area contributed by atoms with E-state index in [1.807, 2.05) is 36.4 Å². The van der Waals surface area contributed by atoms with Crippen molar-refractivity contribution in [1.29, 1.82) is 0 Å². The van der Waals surface area contributed by atoms with Crippen LogP contribution in [-0.4, -0.2) is 72.4 Å². The third-order valence-corrected chi connectivity index (χ3v) is 12.3. The molecule has 2 amide bonds. The van der Waals surface area contributed by atoms with Gasteiger partial charge in [0.15, 0.2) is 11.5 Å². The minimum absolute atomic E-state index is 0.00635. The number of methoxy groups -OCH3 is 1. The highest BCUT2D eigenvalue weighted by Gasteiger charge is 2.80. The molecule has 8 heteroatoms. The predicted molar refractivity (Wildman–Crippen MR) is 161 cm³/mol. The zero-order valence-corrected chi connectivity index (χ0v) is 25.2. The first-order valence-electron chi connectivity index (χ1n) is 16.2. The standard InChI is InChI=1S/C35H43N3O5/c1-21(39)37-26(16-22-6-4-3-5-7-22)31(41)36-19-25-18-33-12-13-35(25,42-2)32-34(33)14-15-38(20-23-8-9-23)28(33)17-24-10-11-27(40)30(43-32)29(24)34/h3-7,10-11,23,25-26,28,32,40H,8-9,12-20H2,1-2H3,(H,36,41)(H,37,39)/t25-,26?,28-,32-,33-,34+,35-/m1/s1. The molecule has 7 atom stereocenters. The Bertz CT molecular complexity index is 1460. The van der Waals surface area contributed by atoms with Gasteiger partial charge in [-0.15, -0.1) is 0 Å². The number of benzene rings is 2. The highest BCUT2D eigenvalue weighted by atomic mass is 16.6. The van der Waals surface area contributed by atoms with Crippen LogP contribution in [0.25, 0.3) is 0 Å². The maximum absolute atomic E-state index is 13.7. The number of phenols is 1. The summed E-state index contributed by atoms with van der Waals surface area (Å²) in [6, 6.07) is 13.5. The van der Waals surface area contributed by atoms with Gasteiger partial charge in [0, 0.05) is 61.9 Å². The summed E-state index contributed by atoms with van der Waals surface area (Å²) in [4.78, 5) is 28.5. The second-order valence-corrected chi connectivity index (χ2v) is 14.2. The van der Waals surface area contributed by atoms with Crippen molar-refractivity contribution in [2.75, 3.05) is 26.7 Å². The molecule has 0 radical (unpaired) electrons. The Labute approximate surface area is 253 Å². The number of amides is 2. The van der Waals surface area contributed by atoms with Crippen LogP contribution < -0.4 is 15.4 Å². The van der Waals surface area contributed by atoms with Crippen LogP contribution in [0.5, 0.6) is 11.5 Å². The first kappa shape index (κ1) is 27.4. The highest BCUT2D eigenvalue weighted by molar-refractivity contribution is 5.87. The minimum atomic E-state index is -0.654. The topological polar surface area (TPSA) is 100 Å². The monoisotopic (exact) mass is 585 g/mol. The van der Waals surface area contributed by atoms with Gasteiger partial charge >= 0.3 is 0 Å². The van der Waals surface area contributed by atoms with Gasteiger partial charge in [-0.2, -0.15) is 0 Å². The summed E-state index contributed by atoms with van der Waals surface area (Å²) in [5.74, 6) is 1.36. The molecular formula is C35H43N3O5. The molecule has 0 aromatic heterocycles. The van der Waals surface area contributed by atoms with E-state index in [1.165, 1.54) is 37.4 Å². The third-order valence-electron chi connectivity index (χ3n) is 12.3. The number of carbonyl (C=O) groups is 2. The zero-order valence-electron chi connectivity index (χ0n) is 25.2. The largest absolute Gasteiger partial charge is 0.504 e. The molecule has 4 saturated carbocycles. The summed E-state index contributed by atoms with van der Waals surface area (Å²) in [5, 5.41) is 17.2. The number of likely N-dealkylation sites (tertiary alicyclic amines) is 1. The Morgan fingerprint density at radius 1 is 1.14 bits per heavy atom. The van der Waals surface area contributed by atoms with Crippen molar-refractivity contribution >= 4 is 11.8 Å². The quantitative estimate of drug-likeness (QED) is 0.417. The molecular weight excluding hydrogens is 542 g/mol. The van der Waals surface area contributed by atoms with Gasteiger partial charge in [-0.3, -0.25) is 14.5 Å². The fourth-order valence-electron chi connectivity index (χ4n) is 10.4. The fourth-order valence-corrected chi connectivity index (χ4v) is 10.4. The predicted octanol–water partition coefficient (Wildman–Crippen LogP) is 3.48. The summed E-state index contributed by atoms with van der Waals surface area (Å²) in [5.41, 5.74) is 2.79. The van der Waals surface area contributed by atoms with E-state index in [-0.39, 0.29) is 40.4 Å². The number of hydrogen-bond donors (Lipinski definition) is 3. The van der Waals surface area contributed by atoms with E-state index in [0.29, 0.717) is 24.8 Å². The molecule has 3 N–H and O–H groups in total. The van der Waals surface area contributed by atoms with E-state index in [4.69, 9.17) is 9.47 Å². The molecule has 2 aromatic carbocycles. The van der Waals surface area contributed by atoms with E-state index in [9.17, 15) is 14.7 Å². The summed E-state index contributed by atoms with van der Waals surface area (Å²) in [6.07, 6.45) is 7.76. The minimum Gasteiger partial charge on any atom is -0.504 e. The lowest BCUT2D eigenvalue weighted by Gasteiger charge is -2.74. The average molecular weight is 586 g/mol. The molecule has 2 aromatic rings. The molecule has 2 aliphatic heterocycles. The Kier molecular flexibility index (Phi) is 6.19. The lowest BCUT2D eigenvalue weighted by atomic mass is 9.35. The molecule has 4 bridgehead atoms. The molecule has 7 aliphatic rings. The van der Waals surface area contributed by atoms with Gasteiger partial charge in [-0.25, -0.2) is 0 Å². The summed E-state index contributed by atoms with van der Waals surface area (Å²) < 4.78 is 13.5. The first-order chi connectivity index (χ1) is 20.8. The molecule has 9 rings (SSSR count). The Morgan fingerprint density at radius 2 is 1.95 bits per heavy atom. The second-order valence-electron chi connectivity index (χ2n) is 14.2. The van der Waals surface area contributed by atoms with Gasteiger partial charge in [0.2, 0.25) is 11.8 Å². The van der Waals surface area contributed by atoms with Crippen LogP contribution in [-0.2, 0) is 32.6 Å². The van der Waals surface area contributed by atoms with E-state index < -0.39 is 11.6 Å². The molecule has 2 heterocycles. The second kappa shape index (κ2) is 9.70. The number of rotatable bonds is 9. The van der Waals surface area contributed by atoms with Crippen LogP contribution in [0.4, 0.5) is 0 Å². The lowest BCUT2D eigenvalue weighted by Crippen LogP contribution is -2.81. The molecule has 1 saturated heterocycles. The first-order valence-corrected chi connectivity index (χ1v) is 16.2. The number of hydrogen-bond acceptors (Lipinski definition) is 6. The average Bonchev–Trinajstić information content (AvgIpc) is 3.75. The van der Waals surface area contributed by atoms with Gasteiger partial charge in [-0.05, 0) is 74.6 Å². The number of fused-ring (bicyclic) bond motifs is 2. The van der Waals surface area contributed by atoms with Crippen molar-refractivity contribution in [1.82, 2.24) is 15.5 Å². The number of aromatic hydroxyl groups is 1. The van der Waals surface area contributed by atoms with Crippen molar-refractivity contribution < 1.29 is 24.2 Å². The molecule has 5 fully saturated rings. The van der Waals surface area contributed by atoms with Crippen molar-refractivity contribution in [3.8, 4) is 11.5 Å². The van der Waals surface area contributed by atoms with Crippen LogP contribution in [0.2, 0.25) is 0 Å². The van der Waals surface area contributed by atoms with Crippen molar-refractivity contribution in [2.45, 2.75) is 87.5 Å². The number of nitrogens with zero attached hydrogens (tertiary/aromatic N) is 1. The number of piperidine rings is 1. The highest BCUT2D eigenvalue weighted by Crippen LogP contribution is 2.76. The van der Waals surface area contributed by atoms with Crippen LogP contribution in [0.3, 0.4) is 0 Å². The molecule has 2 spiro atoms. The Balaban J connectivity index is 1.13. The summed E-state index contributed by atoms with van der Waals surface area (Å²) in [7, 11) is 1.80. The van der Waals surface area contributed by atoms with Gasteiger partial charge in [0.05, 0.1) is 0 Å². The fraction of sp³-hybridized carbons (Fsp3) is 0.600. The molecule has 43 heavy (non-hydrogen) atoms. The van der Waals surface area contributed by atoms with Gasteiger partial charge in [0.25, 0.3) is 0 Å². The normalized spacial score (nSPS) is 35.5.